The number of benzene rings is 1. The predicted molar refractivity (Wildman–Crippen MR) is 81.3 cm³/mol. The van der Waals surface area contributed by atoms with Crippen LogP contribution in [0.1, 0.15) is 16.1 Å². The minimum absolute atomic E-state index is 0.0458. The monoisotopic (exact) mass is 347 g/mol. The number of carbonyl (C=O) groups excluding carboxylic acids is 1. The molecule has 112 valence electrons. The van der Waals surface area contributed by atoms with Crippen molar-refractivity contribution >= 4 is 48.8 Å². The molecule has 2 heterocycles. The topological polar surface area (TPSA) is 63.2 Å². The molecule has 0 aliphatic carbocycles. The quantitative estimate of drug-likeness (QED) is 0.908. The summed E-state index contributed by atoms with van der Waals surface area (Å²) in [5, 5.41) is 3.57. The second kappa shape index (κ2) is 5.23. The first-order valence-corrected chi connectivity index (χ1v) is 9.26. The highest BCUT2D eigenvalue weighted by Gasteiger charge is 2.30. The van der Waals surface area contributed by atoms with Crippen molar-refractivity contribution in [1.29, 1.82) is 0 Å². The zero-order chi connectivity index (χ0) is 15.2. The molecule has 0 saturated carbocycles. The SMILES string of the molecule is O=C(NC1CCS(=O)(=O)C1)c1sc2cc(F)ccc2c1Cl. The van der Waals surface area contributed by atoms with Crippen LogP contribution >= 0.6 is 22.9 Å². The molecule has 1 saturated heterocycles. The summed E-state index contributed by atoms with van der Waals surface area (Å²) in [6, 6.07) is 3.75. The fraction of sp³-hybridized carbons (Fsp3) is 0.308. The van der Waals surface area contributed by atoms with Gasteiger partial charge in [-0.05, 0) is 24.6 Å². The first-order valence-electron chi connectivity index (χ1n) is 6.24. The maximum Gasteiger partial charge on any atom is 0.263 e. The van der Waals surface area contributed by atoms with Gasteiger partial charge in [-0.3, -0.25) is 4.79 Å². The van der Waals surface area contributed by atoms with Crippen molar-refractivity contribution in [3.05, 3.63) is 33.9 Å². The molecule has 1 fully saturated rings. The summed E-state index contributed by atoms with van der Waals surface area (Å²) in [5.74, 6) is -0.767. The fourth-order valence-electron chi connectivity index (χ4n) is 2.34. The third-order valence-electron chi connectivity index (χ3n) is 3.37. The molecule has 1 aliphatic rings. The lowest BCUT2D eigenvalue weighted by atomic mass is 10.2. The van der Waals surface area contributed by atoms with Gasteiger partial charge in [0.2, 0.25) is 0 Å². The molecule has 0 spiro atoms. The molecular formula is C13H11ClFNO3S2. The van der Waals surface area contributed by atoms with Crippen LogP contribution < -0.4 is 5.32 Å². The summed E-state index contributed by atoms with van der Waals surface area (Å²) >= 11 is 7.25. The Morgan fingerprint density at radius 3 is 2.86 bits per heavy atom. The highest BCUT2D eigenvalue weighted by molar-refractivity contribution is 7.91. The van der Waals surface area contributed by atoms with Crippen molar-refractivity contribution in [2.75, 3.05) is 11.5 Å². The summed E-state index contributed by atoms with van der Waals surface area (Å²) in [4.78, 5) is 12.5. The Morgan fingerprint density at radius 1 is 1.43 bits per heavy atom. The van der Waals surface area contributed by atoms with Crippen LogP contribution in [0.5, 0.6) is 0 Å². The van der Waals surface area contributed by atoms with Crippen molar-refractivity contribution in [3.8, 4) is 0 Å². The van der Waals surface area contributed by atoms with E-state index in [1.165, 1.54) is 18.2 Å². The second-order valence-corrected chi connectivity index (χ2v) is 8.62. The summed E-state index contributed by atoms with van der Waals surface area (Å²) < 4.78 is 36.6. The summed E-state index contributed by atoms with van der Waals surface area (Å²) in [6.07, 6.45) is 0.408. The van der Waals surface area contributed by atoms with Gasteiger partial charge >= 0.3 is 0 Å². The lowest BCUT2D eigenvalue weighted by Crippen LogP contribution is -2.35. The van der Waals surface area contributed by atoms with E-state index < -0.39 is 21.6 Å². The van der Waals surface area contributed by atoms with Crippen molar-refractivity contribution in [2.24, 2.45) is 0 Å². The van der Waals surface area contributed by atoms with Crippen molar-refractivity contribution in [3.63, 3.8) is 0 Å². The Morgan fingerprint density at radius 2 is 2.19 bits per heavy atom. The molecule has 1 aromatic heterocycles. The molecule has 0 bridgehead atoms. The number of fused-ring (bicyclic) bond motifs is 1. The molecule has 2 aromatic rings. The number of thiophene rings is 1. The van der Waals surface area contributed by atoms with Gasteiger partial charge in [-0.1, -0.05) is 11.6 Å². The smallest absolute Gasteiger partial charge is 0.263 e. The molecule has 4 nitrogen and oxygen atoms in total. The van der Waals surface area contributed by atoms with Crippen LogP contribution in [0.4, 0.5) is 4.39 Å². The number of nitrogens with one attached hydrogen (secondary N) is 1. The first-order chi connectivity index (χ1) is 9.85. The van der Waals surface area contributed by atoms with Crippen molar-refractivity contribution < 1.29 is 17.6 Å². The Hall–Kier alpha value is -1.18. The minimum Gasteiger partial charge on any atom is -0.348 e. The van der Waals surface area contributed by atoms with Crippen LogP contribution in [0, 0.1) is 5.82 Å². The largest absolute Gasteiger partial charge is 0.348 e. The number of halogens is 2. The lowest BCUT2D eigenvalue weighted by molar-refractivity contribution is 0.0945. The predicted octanol–water partition coefficient (Wildman–Crippen LogP) is 2.61. The average molecular weight is 348 g/mol. The Labute approximate surface area is 129 Å². The maximum absolute atomic E-state index is 13.2. The molecular weight excluding hydrogens is 337 g/mol. The zero-order valence-corrected chi connectivity index (χ0v) is 13.1. The van der Waals surface area contributed by atoms with Gasteiger partial charge in [0.05, 0.1) is 16.5 Å². The van der Waals surface area contributed by atoms with E-state index in [2.05, 4.69) is 5.32 Å². The molecule has 1 aliphatic heterocycles. The molecule has 1 N–H and O–H groups in total. The van der Waals surface area contributed by atoms with Crippen LogP contribution in [0.2, 0.25) is 5.02 Å². The van der Waals surface area contributed by atoms with Gasteiger partial charge in [-0.2, -0.15) is 0 Å². The van der Waals surface area contributed by atoms with Crippen molar-refractivity contribution in [2.45, 2.75) is 12.5 Å². The number of hydrogen-bond acceptors (Lipinski definition) is 4. The number of rotatable bonds is 2. The highest BCUT2D eigenvalue weighted by Crippen LogP contribution is 2.35. The second-order valence-electron chi connectivity index (χ2n) is 4.96. The highest BCUT2D eigenvalue weighted by atomic mass is 35.5. The van der Waals surface area contributed by atoms with Gasteiger partial charge in [-0.15, -0.1) is 11.3 Å². The normalized spacial score (nSPS) is 20.8. The van der Waals surface area contributed by atoms with Crippen LogP contribution in [0.3, 0.4) is 0 Å². The summed E-state index contributed by atoms with van der Waals surface area (Å²) in [5.41, 5.74) is 0. The third kappa shape index (κ3) is 2.90. The van der Waals surface area contributed by atoms with E-state index in [1.807, 2.05) is 0 Å². The zero-order valence-electron chi connectivity index (χ0n) is 10.7. The van der Waals surface area contributed by atoms with E-state index in [0.29, 0.717) is 16.5 Å². The molecule has 1 amide bonds. The maximum atomic E-state index is 13.2. The Balaban J connectivity index is 1.87. The number of hydrogen-bond donors (Lipinski definition) is 1. The number of carbonyl (C=O) groups is 1. The minimum atomic E-state index is -3.06. The van der Waals surface area contributed by atoms with Crippen LogP contribution in [-0.2, 0) is 9.84 Å². The van der Waals surface area contributed by atoms with Crippen molar-refractivity contribution in [1.82, 2.24) is 5.32 Å². The number of sulfone groups is 1. The van der Waals surface area contributed by atoms with E-state index in [4.69, 9.17) is 11.6 Å². The first kappa shape index (κ1) is 14.7. The molecule has 1 aromatic carbocycles. The lowest BCUT2D eigenvalue weighted by Gasteiger charge is -2.09. The molecule has 1 unspecified atom stereocenters. The third-order valence-corrected chi connectivity index (χ3v) is 6.79. The summed E-state index contributed by atoms with van der Waals surface area (Å²) in [6.45, 7) is 0. The van der Waals surface area contributed by atoms with E-state index in [-0.39, 0.29) is 27.4 Å². The van der Waals surface area contributed by atoms with Gasteiger partial charge < -0.3 is 5.32 Å². The molecule has 3 rings (SSSR count). The van der Waals surface area contributed by atoms with Gasteiger partial charge in [0.25, 0.3) is 5.91 Å². The summed E-state index contributed by atoms with van der Waals surface area (Å²) in [7, 11) is -3.06. The van der Waals surface area contributed by atoms with E-state index in [1.54, 1.807) is 0 Å². The molecule has 0 radical (unpaired) electrons. The van der Waals surface area contributed by atoms with E-state index in [9.17, 15) is 17.6 Å². The molecule has 8 heteroatoms. The Bertz CT molecular complexity index is 831. The molecule has 21 heavy (non-hydrogen) atoms. The van der Waals surface area contributed by atoms with E-state index in [0.717, 1.165) is 11.3 Å². The van der Waals surface area contributed by atoms with E-state index >= 15 is 0 Å². The van der Waals surface area contributed by atoms with Crippen LogP contribution in [-0.4, -0.2) is 31.9 Å². The standard InChI is InChI=1S/C13H11ClFNO3S2/c14-11-9-2-1-7(15)5-10(9)20-12(11)13(17)16-8-3-4-21(18,19)6-8/h1-2,5,8H,3-4,6H2,(H,16,17). The molecule has 1 atom stereocenters. The fourth-order valence-corrected chi connectivity index (χ4v) is 5.46. The van der Waals surface area contributed by atoms with Gasteiger partial charge in [0, 0.05) is 16.1 Å². The number of amides is 1. The van der Waals surface area contributed by atoms with Gasteiger partial charge in [-0.25, -0.2) is 12.8 Å². The van der Waals surface area contributed by atoms with Crippen LogP contribution in [0.25, 0.3) is 10.1 Å². The Kier molecular flexibility index (Phi) is 3.67. The van der Waals surface area contributed by atoms with Gasteiger partial charge in [0.1, 0.15) is 10.7 Å². The average Bonchev–Trinajstić information content (AvgIpc) is 2.90. The van der Waals surface area contributed by atoms with Gasteiger partial charge in [0.15, 0.2) is 9.84 Å². The van der Waals surface area contributed by atoms with Crippen LogP contribution in [0.15, 0.2) is 18.2 Å².